The fourth-order valence-corrected chi connectivity index (χ4v) is 4.00. The van der Waals surface area contributed by atoms with E-state index in [1.54, 1.807) is 0 Å². The predicted molar refractivity (Wildman–Crippen MR) is 126 cm³/mol. The summed E-state index contributed by atoms with van der Waals surface area (Å²) in [6, 6.07) is 6.39. The highest BCUT2D eigenvalue weighted by Gasteiger charge is 2.25. The number of nitrogens with one attached hydrogen (secondary N) is 1. The van der Waals surface area contributed by atoms with Gasteiger partial charge in [0.2, 0.25) is 0 Å². The molecule has 1 atom stereocenters. The van der Waals surface area contributed by atoms with Gasteiger partial charge in [0.1, 0.15) is 0 Å². The van der Waals surface area contributed by atoms with Crippen LogP contribution >= 0.6 is 39.9 Å². The number of nitrogens with zero attached hydrogens (tertiary/aromatic N) is 4. The molecule has 1 unspecified atom stereocenters. The van der Waals surface area contributed by atoms with Crippen molar-refractivity contribution < 1.29 is 0 Å². The van der Waals surface area contributed by atoms with Crippen LogP contribution in [0.5, 0.6) is 0 Å². The number of aliphatic imine (C=N–C) groups is 1. The fraction of sp³-hybridized carbons (Fsp3) is 0.500. The molecule has 1 saturated heterocycles. The molecule has 0 bridgehead atoms. The lowest BCUT2D eigenvalue weighted by molar-refractivity contribution is 0.460. The van der Waals surface area contributed by atoms with Gasteiger partial charge in [0, 0.05) is 37.4 Å². The highest BCUT2D eigenvalue weighted by Crippen LogP contribution is 2.21. The zero-order valence-corrected chi connectivity index (χ0v) is 20.2. The lowest BCUT2D eigenvalue weighted by Gasteiger charge is -2.22. The fourth-order valence-electron chi connectivity index (χ4n) is 3.52. The van der Waals surface area contributed by atoms with Crippen LogP contribution in [0, 0.1) is 12.8 Å². The van der Waals surface area contributed by atoms with E-state index in [4.69, 9.17) is 4.99 Å². The molecule has 148 valence electrons. The molecule has 2 heterocycles. The first-order valence-corrected chi connectivity index (χ1v) is 10.1. The third-order valence-electron chi connectivity index (χ3n) is 4.91. The Kier molecular flexibility index (Phi) is 8.60. The van der Waals surface area contributed by atoms with Crippen LogP contribution in [0.25, 0.3) is 0 Å². The van der Waals surface area contributed by atoms with Gasteiger partial charge in [0.05, 0.1) is 12.7 Å². The summed E-state index contributed by atoms with van der Waals surface area (Å²) in [5.41, 5.74) is 3.87. The molecule has 7 heteroatoms. The third kappa shape index (κ3) is 6.20. The van der Waals surface area contributed by atoms with Gasteiger partial charge < -0.3 is 10.2 Å². The number of hydrogen-bond donors (Lipinski definition) is 1. The van der Waals surface area contributed by atoms with Crippen molar-refractivity contribution in [3.8, 4) is 0 Å². The van der Waals surface area contributed by atoms with Crippen LogP contribution in [0.4, 0.5) is 0 Å². The van der Waals surface area contributed by atoms with Gasteiger partial charge in [-0.2, -0.15) is 5.10 Å². The number of guanidine groups is 1. The zero-order valence-electron chi connectivity index (χ0n) is 16.3. The molecule has 3 rings (SSSR count). The molecule has 1 N–H and O–H groups in total. The summed E-state index contributed by atoms with van der Waals surface area (Å²) in [4.78, 5) is 7.30. The quantitative estimate of drug-likeness (QED) is 0.349. The average Bonchev–Trinajstić information content (AvgIpc) is 3.22. The molecule has 0 saturated carbocycles. The van der Waals surface area contributed by atoms with Crippen molar-refractivity contribution in [3.05, 3.63) is 51.8 Å². The van der Waals surface area contributed by atoms with Crippen molar-refractivity contribution in [3.63, 3.8) is 0 Å². The van der Waals surface area contributed by atoms with Gasteiger partial charge in [0.25, 0.3) is 0 Å². The Hall–Kier alpha value is -1.09. The van der Waals surface area contributed by atoms with E-state index >= 15 is 0 Å². The molecule has 0 spiro atoms. The Labute approximate surface area is 187 Å². The Balaban J connectivity index is 0.00000261. The van der Waals surface area contributed by atoms with Crippen LogP contribution in [0.15, 0.2) is 40.1 Å². The number of aromatic nitrogens is 2. The molecule has 5 nitrogen and oxygen atoms in total. The smallest absolute Gasteiger partial charge is 0.194 e. The van der Waals surface area contributed by atoms with E-state index in [-0.39, 0.29) is 24.0 Å². The number of hydrogen-bond acceptors (Lipinski definition) is 2. The topological polar surface area (TPSA) is 45.5 Å². The molecule has 1 fully saturated rings. The van der Waals surface area contributed by atoms with Gasteiger partial charge in [-0.05, 0) is 61.4 Å². The van der Waals surface area contributed by atoms with Crippen molar-refractivity contribution >= 4 is 45.9 Å². The van der Waals surface area contributed by atoms with E-state index in [9.17, 15) is 0 Å². The summed E-state index contributed by atoms with van der Waals surface area (Å²) in [7, 11) is 1.98. The number of benzene rings is 1. The van der Waals surface area contributed by atoms with E-state index in [2.05, 4.69) is 69.5 Å². The highest BCUT2D eigenvalue weighted by atomic mass is 127. The van der Waals surface area contributed by atoms with Crippen LogP contribution in [-0.4, -0.2) is 40.3 Å². The first kappa shape index (κ1) is 22.2. The largest absolute Gasteiger partial charge is 0.357 e. The first-order chi connectivity index (χ1) is 12.5. The Bertz CT molecular complexity index is 773. The van der Waals surface area contributed by atoms with Gasteiger partial charge in [-0.15, -0.1) is 24.0 Å². The van der Waals surface area contributed by atoms with Gasteiger partial charge in [0.15, 0.2) is 5.96 Å². The molecule has 1 aliphatic heterocycles. The number of halogens is 2. The second-order valence-corrected chi connectivity index (χ2v) is 7.98. The lowest BCUT2D eigenvalue weighted by atomic mass is 10.0. The molecule has 0 aliphatic carbocycles. The maximum atomic E-state index is 4.90. The molecule has 1 aliphatic rings. The van der Waals surface area contributed by atoms with E-state index in [1.165, 1.54) is 23.1 Å². The minimum atomic E-state index is 0. The summed E-state index contributed by atoms with van der Waals surface area (Å²) in [6.07, 6.45) is 6.41. The first-order valence-electron chi connectivity index (χ1n) is 9.31. The van der Waals surface area contributed by atoms with E-state index in [0.717, 1.165) is 36.5 Å². The number of aryl methyl sites for hydroxylation is 2. The summed E-state index contributed by atoms with van der Waals surface area (Å²) in [5.74, 6) is 1.70. The van der Waals surface area contributed by atoms with E-state index in [0.29, 0.717) is 12.5 Å². The monoisotopic (exact) mass is 545 g/mol. The standard InChI is InChI=1S/C20H28BrN5.HI/c1-4-22-20(23-12-18-5-6-19(21)9-15(18)2)26-8-7-16(14-26)10-17-11-24-25(3)13-17;/h5-6,9,11,13,16H,4,7-8,10,12,14H2,1-3H3,(H,22,23);1H. The Morgan fingerprint density at radius 1 is 1.41 bits per heavy atom. The van der Waals surface area contributed by atoms with Gasteiger partial charge in [-0.25, -0.2) is 4.99 Å². The SMILES string of the molecule is CCNC(=NCc1ccc(Br)cc1C)N1CCC(Cc2cnn(C)c2)C1.I. The van der Waals surface area contributed by atoms with Crippen LogP contribution < -0.4 is 5.32 Å². The van der Waals surface area contributed by atoms with Crippen molar-refractivity contribution in [1.29, 1.82) is 0 Å². The maximum Gasteiger partial charge on any atom is 0.194 e. The van der Waals surface area contributed by atoms with Crippen LogP contribution in [-0.2, 0) is 20.0 Å². The second-order valence-electron chi connectivity index (χ2n) is 7.07. The second kappa shape index (κ2) is 10.5. The predicted octanol–water partition coefficient (Wildman–Crippen LogP) is 4.14. The summed E-state index contributed by atoms with van der Waals surface area (Å²) in [6.45, 7) is 8.00. The van der Waals surface area contributed by atoms with Crippen molar-refractivity contribution in [2.24, 2.45) is 18.0 Å². The van der Waals surface area contributed by atoms with Crippen LogP contribution in [0.1, 0.15) is 30.0 Å². The van der Waals surface area contributed by atoms with Crippen molar-refractivity contribution in [1.82, 2.24) is 20.0 Å². The van der Waals surface area contributed by atoms with E-state index in [1.807, 2.05) is 17.9 Å². The minimum Gasteiger partial charge on any atom is -0.357 e. The van der Waals surface area contributed by atoms with Crippen LogP contribution in [0.3, 0.4) is 0 Å². The maximum absolute atomic E-state index is 4.90. The summed E-state index contributed by atoms with van der Waals surface area (Å²) < 4.78 is 3.00. The van der Waals surface area contributed by atoms with Crippen molar-refractivity contribution in [2.45, 2.75) is 33.2 Å². The Morgan fingerprint density at radius 2 is 2.22 bits per heavy atom. The molecule has 2 aromatic rings. The number of likely N-dealkylation sites (tertiary alicyclic amines) is 1. The summed E-state index contributed by atoms with van der Waals surface area (Å²) in [5, 5.41) is 7.75. The minimum absolute atomic E-state index is 0. The molecular formula is C20H29BrIN5. The number of rotatable bonds is 5. The molecule has 0 radical (unpaired) electrons. The Morgan fingerprint density at radius 3 is 2.89 bits per heavy atom. The lowest BCUT2D eigenvalue weighted by Crippen LogP contribution is -2.40. The third-order valence-corrected chi connectivity index (χ3v) is 5.40. The van der Waals surface area contributed by atoms with Gasteiger partial charge in [-0.1, -0.05) is 22.0 Å². The van der Waals surface area contributed by atoms with Gasteiger partial charge >= 0.3 is 0 Å². The van der Waals surface area contributed by atoms with E-state index < -0.39 is 0 Å². The van der Waals surface area contributed by atoms with Crippen LogP contribution in [0.2, 0.25) is 0 Å². The molecule has 1 aromatic heterocycles. The van der Waals surface area contributed by atoms with Gasteiger partial charge in [-0.3, -0.25) is 4.68 Å². The summed E-state index contributed by atoms with van der Waals surface area (Å²) >= 11 is 3.53. The molecular weight excluding hydrogens is 517 g/mol. The molecule has 27 heavy (non-hydrogen) atoms. The zero-order chi connectivity index (χ0) is 18.5. The molecule has 1 aromatic carbocycles. The highest BCUT2D eigenvalue weighted by molar-refractivity contribution is 14.0. The molecule has 0 amide bonds. The van der Waals surface area contributed by atoms with Crippen molar-refractivity contribution in [2.75, 3.05) is 19.6 Å². The normalized spacial score (nSPS) is 17.1. The average molecular weight is 546 g/mol.